The molecule has 1 aliphatic rings. The zero-order chi connectivity index (χ0) is 10.5. The summed E-state index contributed by atoms with van der Waals surface area (Å²) in [7, 11) is 0. The smallest absolute Gasteiger partial charge is 0.103 e. The van der Waals surface area contributed by atoms with Crippen LogP contribution in [0.2, 0.25) is 0 Å². The lowest BCUT2D eigenvalue weighted by atomic mass is 10.2. The zero-order valence-corrected chi connectivity index (χ0v) is 9.34. The third-order valence-electron chi connectivity index (χ3n) is 2.83. The fourth-order valence-corrected chi connectivity index (χ4v) is 2.00. The number of imidazole rings is 1. The highest BCUT2D eigenvalue weighted by atomic mass is 14.9. The van der Waals surface area contributed by atoms with E-state index >= 15 is 0 Å². The number of nitrogens with one attached hydrogen (secondary N) is 2. The highest BCUT2D eigenvalue weighted by Crippen LogP contribution is 2.19. The molecule has 0 fully saturated rings. The lowest BCUT2D eigenvalue weighted by Crippen LogP contribution is -2.15. The summed E-state index contributed by atoms with van der Waals surface area (Å²) in [5.41, 5.74) is 2.80. The van der Waals surface area contributed by atoms with Gasteiger partial charge in [-0.25, -0.2) is 4.98 Å². The number of rotatable bonds is 5. The van der Waals surface area contributed by atoms with Crippen molar-refractivity contribution in [2.45, 2.75) is 39.2 Å². The largest absolute Gasteiger partial charge is 0.345 e. The maximum absolute atomic E-state index is 4.17. The van der Waals surface area contributed by atoms with Gasteiger partial charge < -0.3 is 10.3 Å². The number of aromatic amines is 1. The fraction of sp³-hybridized carbons (Fsp3) is 0.583. The Morgan fingerprint density at radius 3 is 3.13 bits per heavy atom. The standard InChI is InChI=1S/C12H19N3/c1-10-14-9-12(15-10)8-13-7-6-11-4-2-3-5-11/h4,9,13H,2-3,5-8H2,1H3,(H,14,15). The first-order valence-corrected chi connectivity index (χ1v) is 5.74. The molecule has 0 saturated carbocycles. The first-order chi connectivity index (χ1) is 7.34. The Morgan fingerprint density at radius 2 is 2.47 bits per heavy atom. The van der Waals surface area contributed by atoms with Crippen LogP contribution in [0.15, 0.2) is 17.8 Å². The number of allylic oxidation sites excluding steroid dienone is 1. The van der Waals surface area contributed by atoms with Crippen LogP contribution in [0.1, 0.15) is 37.2 Å². The van der Waals surface area contributed by atoms with Crippen LogP contribution in [-0.4, -0.2) is 16.5 Å². The van der Waals surface area contributed by atoms with Crippen LogP contribution >= 0.6 is 0 Å². The SMILES string of the molecule is Cc1ncc(CNCCC2=CCCC2)[nH]1. The van der Waals surface area contributed by atoms with Crippen LogP contribution in [0.25, 0.3) is 0 Å². The van der Waals surface area contributed by atoms with E-state index in [1.165, 1.54) is 31.4 Å². The van der Waals surface area contributed by atoms with Crippen molar-refractivity contribution in [3.05, 3.63) is 29.4 Å². The van der Waals surface area contributed by atoms with Gasteiger partial charge in [-0.3, -0.25) is 0 Å². The van der Waals surface area contributed by atoms with Crippen molar-refractivity contribution in [3.8, 4) is 0 Å². The van der Waals surface area contributed by atoms with E-state index < -0.39 is 0 Å². The van der Waals surface area contributed by atoms with E-state index in [0.29, 0.717) is 0 Å². The summed E-state index contributed by atoms with van der Waals surface area (Å²) in [5, 5.41) is 3.43. The van der Waals surface area contributed by atoms with Crippen LogP contribution in [0.4, 0.5) is 0 Å². The van der Waals surface area contributed by atoms with E-state index in [2.05, 4.69) is 21.4 Å². The molecule has 0 atom stereocenters. The molecular weight excluding hydrogens is 186 g/mol. The number of hydrogen-bond donors (Lipinski definition) is 2. The molecule has 1 aromatic heterocycles. The van der Waals surface area contributed by atoms with Gasteiger partial charge in [0.25, 0.3) is 0 Å². The van der Waals surface area contributed by atoms with Crippen molar-refractivity contribution in [1.29, 1.82) is 0 Å². The summed E-state index contributed by atoms with van der Waals surface area (Å²) in [6.07, 6.45) is 9.45. The molecule has 0 aromatic carbocycles. The fourth-order valence-electron chi connectivity index (χ4n) is 2.00. The molecule has 15 heavy (non-hydrogen) atoms. The summed E-state index contributed by atoms with van der Waals surface area (Å²) in [5.74, 6) is 0.991. The molecule has 1 aromatic rings. The predicted octanol–water partition coefficient (Wildman–Crippen LogP) is 2.31. The molecule has 82 valence electrons. The molecule has 0 radical (unpaired) electrons. The molecular formula is C12H19N3. The van der Waals surface area contributed by atoms with Crippen LogP contribution in [-0.2, 0) is 6.54 Å². The minimum absolute atomic E-state index is 0.897. The molecule has 0 spiro atoms. The van der Waals surface area contributed by atoms with Gasteiger partial charge in [0.15, 0.2) is 0 Å². The summed E-state index contributed by atoms with van der Waals surface area (Å²) in [6.45, 7) is 3.95. The topological polar surface area (TPSA) is 40.7 Å². The molecule has 0 amide bonds. The van der Waals surface area contributed by atoms with Gasteiger partial charge in [-0.1, -0.05) is 11.6 Å². The van der Waals surface area contributed by atoms with Crippen molar-refractivity contribution in [3.63, 3.8) is 0 Å². The van der Waals surface area contributed by atoms with Gasteiger partial charge in [-0.05, 0) is 39.2 Å². The number of hydrogen-bond acceptors (Lipinski definition) is 2. The number of aryl methyl sites for hydroxylation is 1. The lowest BCUT2D eigenvalue weighted by molar-refractivity contribution is 0.666. The van der Waals surface area contributed by atoms with Crippen molar-refractivity contribution < 1.29 is 0 Å². The second kappa shape index (κ2) is 5.12. The Hall–Kier alpha value is -1.09. The lowest BCUT2D eigenvalue weighted by Gasteiger charge is -2.03. The molecule has 1 aliphatic carbocycles. The van der Waals surface area contributed by atoms with Crippen molar-refractivity contribution >= 4 is 0 Å². The second-order valence-corrected chi connectivity index (χ2v) is 4.18. The van der Waals surface area contributed by atoms with E-state index in [1.807, 2.05) is 13.1 Å². The predicted molar refractivity (Wildman–Crippen MR) is 61.6 cm³/mol. The van der Waals surface area contributed by atoms with Crippen molar-refractivity contribution in [2.75, 3.05) is 6.54 Å². The van der Waals surface area contributed by atoms with Gasteiger partial charge in [0, 0.05) is 18.4 Å². The van der Waals surface area contributed by atoms with Crippen LogP contribution in [0.5, 0.6) is 0 Å². The summed E-state index contributed by atoms with van der Waals surface area (Å²) < 4.78 is 0. The van der Waals surface area contributed by atoms with Crippen molar-refractivity contribution in [2.24, 2.45) is 0 Å². The Bertz CT molecular complexity index is 338. The minimum Gasteiger partial charge on any atom is -0.345 e. The highest BCUT2D eigenvalue weighted by Gasteiger charge is 2.03. The second-order valence-electron chi connectivity index (χ2n) is 4.18. The van der Waals surface area contributed by atoms with E-state index in [0.717, 1.165) is 18.9 Å². The molecule has 0 unspecified atom stereocenters. The third-order valence-corrected chi connectivity index (χ3v) is 2.83. The maximum atomic E-state index is 4.17. The first kappa shape index (κ1) is 10.4. The molecule has 2 N–H and O–H groups in total. The van der Waals surface area contributed by atoms with E-state index in [9.17, 15) is 0 Å². The zero-order valence-electron chi connectivity index (χ0n) is 9.34. The number of aromatic nitrogens is 2. The van der Waals surface area contributed by atoms with E-state index in [-0.39, 0.29) is 0 Å². The normalized spacial score (nSPS) is 15.7. The van der Waals surface area contributed by atoms with Crippen molar-refractivity contribution in [1.82, 2.24) is 15.3 Å². The quantitative estimate of drug-likeness (QED) is 0.572. The van der Waals surface area contributed by atoms with E-state index in [1.54, 1.807) is 5.57 Å². The minimum atomic E-state index is 0.897. The Morgan fingerprint density at radius 1 is 1.53 bits per heavy atom. The van der Waals surface area contributed by atoms with Crippen LogP contribution < -0.4 is 5.32 Å². The maximum Gasteiger partial charge on any atom is 0.103 e. The number of H-pyrrole nitrogens is 1. The Kier molecular flexibility index (Phi) is 3.56. The Labute approximate surface area is 91.0 Å². The van der Waals surface area contributed by atoms with Gasteiger partial charge >= 0.3 is 0 Å². The molecule has 2 rings (SSSR count). The molecule has 3 nitrogen and oxygen atoms in total. The third kappa shape index (κ3) is 3.20. The molecule has 0 bridgehead atoms. The highest BCUT2D eigenvalue weighted by molar-refractivity contribution is 5.07. The molecule has 0 aliphatic heterocycles. The van der Waals surface area contributed by atoms with Gasteiger partial charge in [0.2, 0.25) is 0 Å². The molecule has 1 heterocycles. The molecule has 0 saturated heterocycles. The number of nitrogens with zero attached hydrogens (tertiary/aromatic N) is 1. The van der Waals surface area contributed by atoms with Gasteiger partial charge in [0.05, 0.1) is 0 Å². The molecule has 3 heteroatoms. The van der Waals surface area contributed by atoms with Gasteiger partial charge in [0.1, 0.15) is 5.82 Å². The summed E-state index contributed by atoms with van der Waals surface area (Å²) in [4.78, 5) is 7.38. The average Bonchev–Trinajstić information content (AvgIpc) is 2.84. The van der Waals surface area contributed by atoms with Crippen LogP contribution in [0, 0.1) is 6.92 Å². The van der Waals surface area contributed by atoms with Gasteiger partial charge in [-0.15, -0.1) is 0 Å². The van der Waals surface area contributed by atoms with Crippen LogP contribution in [0.3, 0.4) is 0 Å². The summed E-state index contributed by atoms with van der Waals surface area (Å²) >= 11 is 0. The monoisotopic (exact) mass is 205 g/mol. The average molecular weight is 205 g/mol. The van der Waals surface area contributed by atoms with E-state index in [4.69, 9.17) is 0 Å². The Balaban J connectivity index is 1.62. The first-order valence-electron chi connectivity index (χ1n) is 5.74. The van der Waals surface area contributed by atoms with Gasteiger partial charge in [-0.2, -0.15) is 0 Å². The summed E-state index contributed by atoms with van der Waals surface area (Å²) in [6, 6.07) is 0.